The summed E-state index contributed by atoms with van der Waals surface area (Å²) in [7, 11) is 0. The molecule has 1 aromatic carbocycles. The number of primary amides is 1. The smallest absolute Gasteiger partial charge is 0.250 e. The number of benzene rings is 1. The van der Waals surface area contributed by atoms with Crippen LogP contribution in [-0.2, 0) is 0 Å². The van der Waals surface area contributed by atoms with Crippen molar-refractivity contribution in [3.8, 4) is 0 Å². The Morgan fingerprint density at radius 3 is 2.60 bits per heavy atom. The molecule has 0 aliphatic carbocycles. The Balaban J connectivity index is 2.40. The zero-order chi connectivity index (χ0) is 10.8. The maximum atomic E-state index is 11.3. The largest absolute Gasteiger partial charge is 0.371 e. The van der Waals surface area contributed by atoms with Crippen molar-refractivity contribution in [3.63, 3.8) is 0 Å². The zero-order valence-corrected chi connectivity index (χ0v) is 8.99. The second-order valence-electron chi connectivity index (χ2n) is 4.08. The molecule has 1 fully saturated rings. The fourth-order valence-corrected chi connectivity index (χ4v) is 2.08. The van der Waals surface area contributed by atoms with Crippen molar-refractivity contribution in [1.82, 2.24) is 0 Å². The van der Waals surface area contributed by atoms with E-state index in [1.54, 1.807) is 0 Å². The van der Waals surface area contributed by atoms with E-state index >= 15 is 0 Å². The van der Waals surface area contributed by atoms with Crippen molar-refractivity contribution in [2.24, 2.45) is 5.73 Å². The molecule has 0 aromatic heterocycles. The quantitative estimate of drug-likeness (QED) is 0.797. The number of amides is 1. The van der Waals surface area contributed by atoms with E-state index in [1.165, 1.54) is 12.8 Å². The summed E-state index contributed by atoms with van der Waals surface area (Å²) in [4.78, 5) is 13.6. The summed E-state index contributed by atoms with van der Waals surface area (Å²) in [5.74, 6) is -0.333. The van der Waals surface area contributed by atoms with E-state index in [9.17, 15) is 4.79 Å². The van der Waals surface area contributed by atoms with E-state index < -0.39 is 0 Å². The normalized spacial score (nSPS) is 15.7. The number of rotatable bonds is 2. The second kappa shape index (κ2) is 3.93. The molecule has 1 heterocycles. The van der Waals surface area contributed by atoms with Gasteiger partial charge in [0.1, 0.15) is 0 Å². The number of hydrogen-bond donors (Lipinski definition) is 1. The average molecular weight is 204 g/mol. The van der Waals surface area contributed by atoms with Crippen LogP contribution in [0.15, 0.2) is 18.2 Å². The Bertz CT molecular complexity index is 381. The van der Waals surface area contributed by atoms with Gasteiger partial charge in [-0.25, -0.2) is 0 Å². The minimum absolute atomic E-state index is 0.333. The van der Waals surface area contributed by atoms with Crippen molar-refractivity contribution in [2.45, 2.75) is 19.8 Å². The molecule has 0 saturated carbocycles. The van der Waals surface area contributed by atoms with Gasteiger partial charge in [-0.1, -0.05) is 11.6 Å². The number of nitrogens with zero attached hydrogens (tertiary/aromatic N) is 1. The van der Waals surface area contributed by atoms with Gasteiger partial charge in [0.25, 0.3) is 5.91 Å². The fourth-order valence-electron chi connectivity index (χ4n) is 2.08. The van der Waals surface area contributed by atoms with E-state index in [1.807, 2.05) is 25.1 Å². The maximum Gasteiger partial charge on any atom is 0.250 e. The van der Waals surface area contributed by atoms with Crippen LogP contribution >= 0.6 is 0 Å². The second-order valence-corrected chi connectivity index (χ2v) is 4.08. The van der Waals surface area contributed by atoms with Gasteiger partial charge in [-0.05, 0) is 31.9 Å². The predicted octanol–water partition coefficient (Wildman–Crippen LogP) is 1.69. The molecule has 3 nitrogen and oxygen atoms in total. The molecular weight excluding hydrogens is 188 g/mol. The summed E-state index contributed by atoms with van der Waals surface area (Å²) in [5.41, 5.74) is 8.10. The molecule has 1 aliphatic heterocycles. The van der Waals surface area contributed by atoms with Crippen molar-refractivity contribution >= 4 is 11.6 Å². The summed E-state index contributed by atoms with van der Waals surface area (Å²) in [6.07, 6.45) is 2.40. The summed E-state index contributed by atoms with van der Waals surface area (Å²) >= 11 is 0. The highest BCUT2D eigenvalue weighted by Gasteiger charge is 2.17. The van der Waals surface area contributed by atoms with Crippen LogP contribution in [0.4, 0.5) is 5.69 Å². The van der Waals surface area contributed by atoms with Crippen LogP contribution in [0.5, 0.6) is 0 Å². The Kier molecular flexibility index (Phi) is 2.62. The maximum absolute atomic E-state index is 11.3. The molecule has 1 amide bonds. The monoisotopic (exact) mass is 204 g/mol. The fraction of sp³-hybridized carbons (Fsp3) is 0.417. The highest BCUT2D eigenvalue weighted by atomic mass is 16.1. The lowest BCUT2D eigenvalue weighted by Gasteiger charge is -2.20. The number of aryl methyl sites for hydroxylation is 1. The Labute approximate surface area is 89.9 Å². The van der Waals surface area contributed by atoms with Gasteiger partial charge >= 0.3 is 0 Å². The molecule has 0 bridgehead atoms. The molecule has 1 saturated heterocycles. The summed E-state index contributed by atoms with van der Waals surface area (Å²) in [6, 6.07) is 5.90. The first kappa shape index (κ1) is 10.0. The third-order valence-electron chi connectivity index (χ3n) is 2.86. The summed E-state index contributed by atoms with van der Waals surface area (Å²) < 4.78 is 0. The summed E-state index contributed by atoms with van der Waals surface area (Å²) in [6.45, 7) is 4.03. The third-order valence-corrected chi connectivity index (χ3v) is 2.86. The molecule has 15 heavy (non-hydrogen) atoms. The number of anilines is 1. The number of nitrogens with two attached hydrogens (primary N) is 1. The Morgan fingerprint density at radius 1 is 1.33 bits per heavy atom. The number of hydrogen-bond acceptors (Lipinski definition) is 2. The van der Waals surface area contributed by atoms with Crippen molar-refractivity contribution in [3.05, 3.63) is 29.3 Å². The van der Waals surface area contributed by atoms with Crippen LogP contribution in [0, 0.1) is 6.92 Å². The Morgan fingerprint density at radius 2 is 2.00 bits per heavy atom. The topological polar surface area (TPSA) is 46.3 Å². The number of carbonyl (C=O) groups excluding carboxylic acids is 1. The van der Waals surface area contributed by atoms with Crippen LogP contribution in [0.1, 0.15) is 28.8 Å². The molecule has 2 rings (SSSR count). The molecular formula is C12H16N2O. The molecule has 0 atom stereocenters. The van der Waals surface area contributed by atoms with Crippen LogP contribution < -0.4 is 10.6 Å². The van der Waals surface area contributed by atoms with Crippen LogP contribution in [0.25, 0.3) is 0 Å². The molecule has 0 unspecified atom stereocenters. The van der Waals surface area contributed by atoms with Gasteiger partial charge in [-0.3, -0.25) is 4.79 Å². The number of carbonyl (C=O) groups is 1. The molecule has 80 valence electrons. The summed E-state index contributed by atoms with van der Waals surface area (Å²) in [5, 5.41) is 0. The lowest BCUT2D eigenvalue weighted by Crippen LogP contribution is -2.23. The first-order valence-electron chi connectivity index (χ1n) is 5.34. The molecule has 0 radical (unpaired) electrons. The van der Waals surface area contributed by atoms with Gasteiger partial charge in [0, 0.05) is 18.8 Å². The third kappa shape index (κ3) is 1.96. The van der Waals surface area contributed by atoms with E-state index in [0.717, 1.165) is 24.3 Å². The molecule has 1 aromatic rings. The van der Waals surface area contributed by atoms with E-state index in [2.05, 4.69) is 4.90 Å². The van der Waals surface area contributed by atoms with Crippen LogP contribution in [-0.4, -0.2) is 19.0 Å². The average Bonchev–Trinajstić information content (AvgIpc) is 2.70. The zero-order valence-electron chi connectivity index (χ0n) is 8.99. The highest BCUT2D eigenvalue weighted by molar-refractivity contribution is 5.98. The van der Waals surface area contributed by atoms with E-state index in [4.69, 9.17) is 5.73 Å². The predicted molar refractivity (Wildman–Crippen MR) is 61.1 cm³/mol. The van der Waals surface area contributed by atoms with Gasteiger partial charge in [-0.2, -0.15) is 0 Å². The van der Waals surface area contributed by atoms with Gasteiger partial charge in [0.2, 0.25) is 0 Å². The van der Waals surface area contributed by atoms with E-state index in [0.29, 0.717) is 5.56 Å². The molecule has 2 N–H and O–H groups in total. The lowest BCUT2D eigenvalue weighted by molar-refractivity contribution is 0.100. The van der Waals surface area contributed by atoms with E-state index in [-0.39, 0.29) is 5.91 Å². The molecule has 0 spiro atoms. The van der Waals surface area contributed by atoms with Gasteiger partial charge in [-0.15, -0.1) is 0 Å². The minimum Gasteiger partial charge on any atom is -0.371 e. The first-order valence-corrected chi connectivity index (χ1v) is 5.34. The standard InChI is InChI=1S/C12H16N2O/c1-9-4-5-11(10(8-9)12(13)15)14-6-2-3-7-14/h4-5,8H,2-3,6-7H2,1H3,(H2,13,15). The molecule has 3 heteroatoms. The van der Waals surface area contributed by atoms with Crippen molar-refractivity contribution in [2.75, 3.05) is 18.0 Å². The van der Waals surface area contributed by atoms with Crippen LogP contribution in [0.2, 0.25) is 0 Å². The SMILES string of the molecule is Cc1ccc(N2CCCC2)c(C(N)=O)c1. The Hall–Kier alpha value is -1.51. The molecule has 1 aliphatic rings. The van der Waals surface area contributed by atoms with Gasteiger partial charge in [0.05, 0.1) is 5.56 Å². The van der Waals surface area contributed by atoms with Crippen LogP contribution in [0.3, 0.4) is 0 Å². The lowest BCUT2D eigenvalue weighted by atomic mass is 10.1. The van der Waals surface area contributed by atoms with Crippen molar-refractivity contribution < 1.29 is 4.79 Å². The van der Waals surface area contributed by atoms with Gasteiger partial charge in [0.15, 0.2) is 0 Å². The van der Waals surface area contributed by atoms with Crippen molar-refractivity contribution in [1.29, 1.82) is 0 Å². The van der Waals surface area contributed by atoms with Gasteiger partial charge < -0.3 is 10.6 Å². The minimum atomic E-state index is -0.333. The first-order chi connectivity index (χ1) is 7.18. The highest BCUT2D eigenvalue weighted by Crippen LogP contribution is 2.25.